The number of amidine groups is 1. The first kappa shape index (κ1) is 21.0. The number of nitrogens with zero attached hydrogens (tertiary/aromatic N) is 1. The molecule has 1 fully saturated rings. The van der Waals surface area contributed by atoms with Crippen molar-refractivity contribution in [2.24, 2.45) is 4.99 Å². The van der Waals surface area contributed by atoms with Gasteiger partial charge in [0, 0.05) is 10.6 Å². The molecule has 1 unspecified atom stereocenters. The summed E-state index contributed by atoms with van der Waals surface area (Å²) in [5, 5.41) is -0.142. The zero-order chi connectivity index (χ0) is 21.4. The van der Waals surface area contributed by atoms with Crippen molar-refractivity contribution in [3.63, 3.8) is 0 Å². The summed E-state index contributed by atoms with van der Waals surface area (Å²) in [4.78, 5) is 27.7. The fourth-order valence-corrected chi connectivity index (χ4v) is 4.27. The maximum absolute atomic E-state index is 12.8. The summed E-state index contributed by atoms with van der Waals surface area (Å²) in [7, 11) is -4.37. The molecule has 0 saturated carbocycles. The summed E-state index contributed by atoms with van der Waals surface area (Å²) in [6.45, 7) is 0. The lowest BCUT2D eigenvalue weighted by atomic mass is 10.1. The van der Waals surface area contributed by atoms with E-state index >= 15 is 0 Å². The molecule has 2 aromatic rings. The Kier molecular flexibility index (Phi) is 5.50. The van der Waals surface area contributed by atoms with Crippen LogP contribution in [0.25, 0.3) is 0 Å². The Morgan fingerprint density at radius 3 is 2.41 bits per heavy atom. The van der Waals surface area contributed by atoms with Crippen molar-refractivity contribution >= 4 is 38.4 Å². The summed E-state index contributed by atoms with van der Waals surface area (Å²) >= 11 is 5.72. The SMILES string of the molecule is O=C(N=C1NC(=O)C(Cc2cccc(C(F)(F)F)c2)S1(=O)=O)c1ccc(Cl)cc1. The molecule has 6 nitrogen and oxygen atoms in total. The van der Waals surface area contributed by atoms with Crippen LogP contribution in [0.2, 0.25) is 5.02 Å². The number of carbonyl (C=O) groups is 2. The van der Waals surface area contributed by atoms with E-state index < -0.39 is 50.2 Å². The maximum Gasteiger partial charge on any atom is 0.416 e. The molecule has 2 aromatic carbocycles. The number of aliphatic imine (C=N–C) groups is 1. The number of hydrogen-bond donors (Lipinski definition) is 1. The monoisotopic (exact) mass is 444 g/mol. The van der Waals surface area contributed by atoms with Gasteiger partial charge in [0.1, 0.15) is 0 Å². The Balaban J connectivity index is 1.87. The number of nitrogens with one attached hydrogen (secondary N) is 1. The predicted octanol–water partition coefficient (Wildman–Crippen LogP) is 3.01. The molecule has 2 amide bonds. The molecule has 11 heteroatoms. The molecule has 0 radical (unpaired) electrons. The molecule has 1 aliphatic heterocycles. The van der Waals surface area contributed by atoms with E-state index in [-0.39, 0.29) is 11.1 Å². The van der Waals surface area contributed by atoms with E-state index in [1.165, 1.54) is 30.3 Å². The molecule has 1 heterocycles. The molecule has 1 N–H and O–H groups in total. The van der Waals surface area contributed by atoms with Crippen LogP contribution in [-0.2, 0) is 27.2 Å². The molecule has 0 aliphatic carbocycles. The molecule has 0 spiro atoms. The van der Waals surface area contributed by atoms with E-state index in [9.17, 15) is 31.2 Å². The van der Waals surface area contributed by atoms with E-state index in [0.29, 0.717) is 5.02 Å². The third kappa shape index (κ3) is 4.48. The second-order valence-corrected chi connectivity index (χ2v) is 8.64. The highest BCUT2D eigenvalue weighted by Crippen LogP contribution is 2.30. The largest absolute Gasteiger partial charge is 0.416 e. The molecule has 29 heavy (non-hydrogen) atoms. The normalized spacial score (nSPS) is 19.9. The molecular formula is C18H12ClF3N2O4S. The molecule has 3 rings (SSSR count). The number of alkyl halides is 3. The van der Waals surface area contributed by atoms with Crippen molar-refractivity contribution in [3.8, 4) is 0 Å². The highest BCUT2D eigenvalue weighted by Gasteiger charge is 2.45. The van der Waals surface area contributed by atoms with Crippen LogP contribution in [-0.4, -0.2) is 30.6 Å². The summed E-state index contributed by atoms with van der Waals surface area (Å²) in [5.41, 5.74) is -0.904. The zero-order valence-electron chi connectivity index (χ0n) is 14.4. The number of rotatable bonds is 3. The first-order valence-electron chi connectivity index (χ1n) is 8.08. The van der Waals surface area contributed by atoms with Gasteiger partial charge in [-0.2, -0.15) is 18.2 Å². The fraction of sp³-hybridized carbons (Fsp3) is 0.167. The topological polar surface area (TPSA) is 92.7 Å². The lowest BCUT2D eigenvalue weighted by molar-refractivity contribution is -0.137. The standard InChI is InChI=1S/C18H12ClF3N2O4S/c19-13-6-4-11(5-7-13)15(25)23-17-24-16(26)14(29(17,27)28)9-10-2-1-3-12(8-10)18(20,21)22/h1-8,14H,9H2,(H,23,24,25,26). The Bertz CT molecular complexity index is 1110. The third-order valence-corrected chi connectivity index (χ3v) is 6.25. The minimum Gasteiger partial charge on any atom is -0.300 e. The number of halogens is 4. The summed E-state index contributed by atoms with van der Waals surface area (Å²) in [5.74, 6) is -1.88. The number of sulfone groups is 1. The van der Waals surface area contributed by atoms with Gasteiger partial charge >= 0.3 is 6.18 Å². The van der Waals surface area contributed by atoms with E-state index in [1.54, 1.807) is 0 Å². The summed E-state index contributed by atoms with van der Waals surface area (Å²) < 4.78 is 63.7. The Morgan fingerprint density at radius 1 is 1.14 bits per heavy atom. The number of benzene rings is 2. The molecule has 0 bridgehead atoms. The predicted molar refractivity (Wildman–Crippen MR) is 99.2 cm³/mol. The van der Waals surface area contributed by atoms with E-state index in [0.717, 1.165) is 18.2 Å². The van der Waals surface area contributed by atoms with Crippen LogP contribution < -0.4 is 5.32 Å². The van der Waals surface area contributed by atoms with Crippen molar-refractivity contribution in [3.05, 3.63) is 70.2 Å². The quantitative estimate of drug-likeness (QED) is 0.787. The molecule has 1 aliphatic rings. The minimum atomic E-state index is -4.61. The van der Waals surface area contributed by atoms with Gasteiger partial charge in [-0.05, 0) is 42.3 Å². The van der Waals surface area contributed by atoms with Crippen LogP contribution in [0.5, 0.6) is 0 Å². The Labute approximate surface area is 168 Å². The van der Waals surface area contributed by atoms with Crippen molar-refractivity contribution in [2.75, 3.05) is 0 Å². The van der Waals surface area contributed by atoms with Crippen molar-refractivity contribution in [2.45, 2.75) is 17.8 Å². The van der Waals surface area contributed by atoms with Crippen LogP contribution in [0.1, 0.15) is 21.5 Å². The molecule has 1 saturated heterocycles. The molecule has 152 valence electrons. The first-order chi connectivity index (χ1) is 13.5. The van der Waals surface area contributed by atoms with Gasteiger partial charge in [-0.3, -0.25) is 14.9 Å². The van der Waals surface area contributed by atoms with Gasteiger partial charge in [-0.15, -0.1) is 0 Å². The lowest BCUT2D eigenvalue weighted by Gasteiger charge is -2.10. The van der Waals surface area contributed by atoms with Crippen molar-refractivity contribution < 1.29 is 31.2 Å². The Hall–Kier alpha value is -2.72. The second-order valence-electron chi connectivity index (χ2n) is 6.15. The maximum atomic E-state index is 12.8. The van der Waals surface area contributed by atoms with E-state index in [4.69, 9.17) is 11.6 Å². The molecule has 1 atom stereocenters. The lowest BCUT2D eigenvalue weighted by Crippen LogP contribution is -2.27. The molecular weight excluding hydrogens is 433 g/mol. The Morgan fingerprint density at radius 2 is 1.79 bits per heavy atom. The van der Waals surface area contributed by atoms with Gasteiger partial charge < -0.3 is 0 Å². The van der Waals surface area contributed by atoms with Crippen LogP contribution in [0.3, 0.4) is 0 Å². The fourth-order valence-electron chi connectivity index (χ4n) is 2.66. The van der Waals surface area contributed by atoms with Gasteiger partial charge in [-0.1, -0.05) is 29.8 Å². The number of hydrogen-bond acceptors (Lipinski definition) is 4. The van der Waals surface area contributed by atoms with Crippen molar-refractivity contribution in [1.29, 1.82) is 0 Å². The van der Waals surface area contributed by atoms with Gasteiger partial charge in [0.2, 0.25) is 20.9 Å². The summed E-state index contributed by atoms with van der Waals surface area (Å²) in [6.07, 6.45) is -5.10. The van der Waals surface area contributed by atoms with Crippen LogP contribution in [0.4, 0.5) is 13.2 Å². The zero-order valence-corrected chi connectivity index (χ0v) is 16.0. The highest BCUT2D eigenvalue weighted by atomic mass is 35.5. The van der Waals surface area contributed by atoms with Crippen LogP contribution in [0, 0.1) is 0 Å². The smallest absolute Gasteiger partial charge is 0.300 e. The average molecular weight is 445 g/mol. The summed E-state index contributed by atoms with van der Waals surface area (Å²) in [6, 6.07) is 9.50. The second kappa shape index (κ2) is 7.60. The van der Waals surface area contributed by atoms with Gasteiger partial charge in [0.05, 0.1) is 5.56 Å². The highest BCUT2D eigenvalue weighted by molar-refractivity contribution is 8.08. The first-order valence-corrected chi connectivity index (χ1v) is 10.0. The van der Waals surface area contributed by atoms with Gasteiger partial charge in [-0.25, -0.2) is 8.42 Å². The average Bonchev–Trinajstić information content (AvgIpc) is 2.85. The third-order valence-electron chi connectivity index (χ3n) is 4.14. The van der Waals surface area contributed by atoms with Gasteiger partial charge in [0.25, 0.3) is 5.91 Å². The van der Waals surface area contributed by atoms with Crippen molar-refractivity contribution in [1.82, 2.24) is 5.32 Å². The number of amides is 2. The van der Waals surface area contributed by atoms with Crippen LogP contribution in [0.15, 0.2) is 53.5 Å². The number of carbonyl (C=O) groups excluding carboxylic acids is 2. The molecule has 0 aromatic heterocycles. The van der Waals surface area contributed by atoms with Gasteiger partial charge in [0.15, 0.2) is 5.25 Å². The van der Waals surface area contributed by atoms with E-state index in [1.807, 2.05) is 5.32 Å². The minimum absolute atomic E-state index is 0.00817. The van der Waals surface area contributed by atoms with Crippen LogP contribution >= 0.6 is 11.6 Å². The van der Waals surface area contributed by atoms with E-state index in [2.05, 4.69) is 4.99 Å².